The highest BCUT2D eigenvalue weighted by atomic mass is 16.5. The SMILES string of the molecule is COc1ccc(CCC(O)c2cccc(OCC(=O)NCCOCCOc3cccc4c3C(=O)N(C3CCC(=O)NC3=O)C4=O)c2)cc1OC. The summed E-state index contributed by atoms with van der Waals surface area (Å²) in [6.45, 7) is 0.367. The van der Waals surface area contributed by atoms with Crippen molar-refractivity contribution in [3.05, 3.63) is 82.9 Å². The van der Waals surface area contributed by atoms with Gasteiger partial charge in [0.1, 0.15) is 24.1 Å². The molecular weight excluding hydrogens is 650 g/mol. The number of methoxy groups -OCH3 is 2. The van der Waals surface area contributed by atoms with Gasteiger partial charge in [0.05, 0.1) is 44.7 Å². The number of nitrogens with one attached hydrogen (secondary N) is 2. The summed E-state index contributed by atoms with van der Waals surface area (Å²) < 4.78 is 27.5. The van der Waals surface area contributed by atoms with Gasteiger partial charge in [-0.15, -0.1) is 0 Å². The Morgan fingerprint density at radius 1 is 0.920 bits per heavy atom. The van der Waals surface area contributed by atoms with Gasteiger partial charge in [0.25, 0.3) is 17.7 Å². The second kappa shape index (κ2) is 16.8. The Bertz CT molecular complexity index is 1740. The quantitative estimate of drug-likeness (QED) is 0.140. The van der Waals surface area contributed by atoms with Crippen LogP contribution in [0.25, 0.3) is 0 Å². The third-order valence-corrected chi connectivity index (χ3v) is 8.25. The molecule has 5 rings (SSSR count). The second-order valence-corrected chi connectivity index (χ2v) is 11.5. The van der Waals surface area contributed by atoms with Crippen LogP contribution < -0.4 is 29.6 Å². The number of fused-ring (bicyclic) bond motifs is 1. The number of ether oxygens (including phenoxy) is 5. The molecule has 0 saturated carbocycles. The number of hydrogen-bond donors (Lipinski definition) is 3. The van der Waals surface area contributed by atoms with Crippen molar-refractivity contribution in [1.29, 1.82) is 0 Å². The monoisotopic (exact) mass is 689 g/mol. The van der Waals surface area contributed by atoms with Crippen LogP contribution in [0.4, 0.5) is 0 Å². The number of carbonyl (C=O) groups is 5. The van der Waals surface area contributed by atoms with E-state index in [0.29, 0.717) is 35.7 Å². The molecule has 2 aliphatic rings. The Hall–Kier alpha value is -5.47. The first-order chi connectivity index (χ1) is 24.2. The van der Waals surface area contributed by atoms with E-state index in [2.05, 4.69) is 10.6 Å². The number of amides is 5. The predicted octanol–water partition coefficient (Wildman–Crippen LogP) is 2.36. The molecule has 14 heteroatoms. The zero-order valence-corrected chi connectivity index (χ0v) is 27.8. The zero-order valence-electron chi connectivity index (χ0n) is 27.8. The number of nitrogens with zero attached hydrogens (tertiary/aromatic N) is 1. The average Bonchev–Trinajstić information content (AvgIpc) is 3.38. The lowest BCUT2D eigenvalue weighted by molar-refractivity contribution is -0.136. The molecule has 2 unspecified atom stereocenters. The van der Waals surface area contributed by atoms with Crippen LogP contribution in [0, 0.1) is 0 Å². The first-order valence-electron chi connectivity index (χ1n) is 16.1. The highest BCUT2D eigenvalue weighted by Gasteiger charge is 2.46. The maximum absolute atomic E-state index is 13.2. The number of aliphatic hydroxyl groups is 1. The van der Waals surface area contributed by atoms with Crippen molar-refractivity contribution in [3.63, 3.8) is 0 Å². The van der Waals surface area contributed by atoms with Gasteiger partial charge in [-0.3, -0.25) is 34.2 Å². The summed E-state index contributed by atoms with van der Waals surface area (Å²) >= 11 is 0. The Labute approximate surface area is 288 Å². The molecule has 14 nitrogen and oxygen atoms in total. The number of piperidine rings is 1. The zero-order chi connectivity index (χ0) is 35.6. The molecule has 0 radical (unpaired) electrons. The van der Waals surface area contributed by atoms with Crippen LogP contribution in [0.1, 0.15) is 57.2 Å². The van der Waals surface area contributed by atoms with Gasteiger partial charge in [-0.25, -0.2) is 0 Å². The van der Waals surface area contributed by atoms with Crippen LogP contribution in [0.5, 0.6) is 23.0 Å². The second-order valence-electron chi connectivity index (χ2n) is 11.5. The molecule has 1 saturated heterocycles. The molecule has 0 bridgehead atoms. The number of aliphatic hydroxyl groups excluding tert-OH is 1. The van der Waals surface area contributed by atoms with Crippen molar-refractivity contribution in [3.8, 4) is 23.0 Å². The molecule has 0 aromatic heterocycles. The van der Waals surface area contributed by atoms with Crippen LogP contribution >= 0.6 is 0 Å². The van der Waals surface area contributed by atoms with E-state index in [4.69, 9.17) is 23.7 Å². The maximum atomic E-state index is 13.2. The highest BCUT2D eigenvalue weighted by Crippen LogP contribution is 2.34. The van der Waals surface area contributed by atoms with Gasteiger partial charge < -0.3 is 34.1 Å². The van der Waals surface area contributed by atoms with Crippen LogP contribution in [-0.2, 0) is 25.5 Å². The molecule has 0 aliphatic carbocycles. The lowest BCUT2D eigenvalue weighted by Crippen LogP contribution is -2.54. The average molecular weight is 690 g/mol. The summed E-state index contributed by atoms with van der Waals surface area (Å²) in [4.78, 5) is 63.1. The number of hydrogen-bond acceptors (Lipinski definition) is 11. The van der Waals surface area contributed by atoms with Gasteiger partial charge in [0.2, 0.25) is 11.8 Å². The van der Waals surface area contributed by atoms with E-state index in [1.54, 1.807) is 50.6 Å². The van der Waals surface area contributed by atoms with Crippen molar-refractivity contribution in [2.75, 3.05) is 47.2 Å². The molecule has 3 aromatic rings. The third-order valence-electron chi connectivity index (χ3n) is 8.25. The van der Waals surface area contributed by atoms with Crippen LogP contribution in [0.3, 0.4) is 0 Å². The summed E-state index contributed by atoms with van der Waals surface area (Å²) in [5.74, 6) is -0.870. The Morgan fingerprint density at radius 2 is 1.72 bits per heavy atom. The fourth-order valence-electron chi connectivity index (χ4n) is 5.70. The minimum Gasteiger partial charge on any atom is -0.493 e. The fourth-order valence-corrected chi connectivity index (χ4v) is 5.70. The normalized spacial score (nSPS) is 16.1. The molecule has 50 heavy (non-hydrogen) atoms. The van der Waals surface area contributed by atoms with Gasteiger partial charge in [0.15, 0.2) is 18.1 Å². The number of carbonyl (C=O) groups excluding carboxylic acids is 5. The van der Waals surface area contributed by atoms with Gasteiger partial charge in [-0.05, 0) is 66.8 Å². The van der Waals surface area contributed by atoms with E-state index in [-0.39, 0.29) is 68.6 Å². The molecule has 2 heterocycles. The summed E-state index contributed by atoms with van der Waals surface area (Å²) in [6.07, 6.45) is 0.438. The Balaban J connectivity index is 0.991. The number of rotatable bonds is 17. The summed E-state index contributed by atoms with van der Waals surface area (Å²) in [5.41, 5.74) is 1.85. The summed E-state index contributed by atoms with van der Waals surface area (Å²) in [7, 11) is 3.15. The standard InChI is InChI=1S/C36H39N3O11/c1-46-28-13-10-22(19-30(28)47-2)9-12-27(40)23-5-3-6-24(20-23)50-21-32(42)37-15-16-48-17-18-49-29-8-4-7-25-33(29)36(45)39(35(25)44)26-11-14-31(41)38-34(26)43/h3-8,10,13,19-20,26-27,40H,9,11-12,14-18,21H2,1-2H3,(H,37,42)(H,38,41,43). The molecule has 5 amide bonds. The minimum absolute atomic E-state index is 0.0289. The first kappa shape index (κ1) is 35.8. The summed E-state index contributed by atoms with van der Waals surface area (Å²) in [6, 6.07) is 16.1. The van der Waals surface area contributed by atoms with Crippen LogP contribution in [0.15, 0.2) is 60.7 Å². The number of imide groups is 2. The molecule has 3 aromatic carbocycles. The fraction of sp³-hybridized carbons (Fsp3) is 0.361. The topological polar surface area (TPSA) is 179 Å². The third kappa shape index (κ3) is 8.57. The van der Waals surface area contributed by atoms with Gasteiger partial charge in [-0.1, -0.05) is 24.3 Å². The van der Waals surface area contributed by atoms with E-state index in [1.807, 2.05) is 18.2 Å². The van der Waals surface area contributed by atoms with E-state index in [1.165, 1.54) is 6.07 Å². The number of aryl methyl sites for hydroxylation is 1. The summed E-state index contributed by atoms with van der Waals surface area (Å²) in [5, 5.41) is 15.6. The molecule has 3 N–H and O–H groups in total. The van der Waals surface area contributed by atoms with E-state index < -0.39 is 35.8 Å². The highest BCUT2D eigenvalue weighted by molar-refractivity contribution is 6.24. The first-order valence-corrected chi connectivity index (χ1v) is 16.1. The minimum atomic E-state index is -1.07. The molecule has 1 fully saturated rings. The molecule has 264 valence electrons. The van der Waals surface area contributed by atoms with Crippen molar-refractivity contribution < 1.29 is 52.8 Å². The maximum Gasteiger partial charge on any atom is 0.266 e. The lowest BCUT2D eigenvalue weighted by atomic mass is 10.0. The van der Waals surface area contributed by atoms with Crippen LogP contribution in [0.2, 0.25) is 0 Å². The lowest BCUT2D eigenvalue weighted by Gasteiger charge is -2.27. The largest absolute Gasteiger partial charge is 0.493 e. The molecule has 2 aliphatic heterocycles. The Kier molecular flexibility index (Phi) is 12.0. The Morgan fingerprint density at radius 3 is 2.50 bits per heavy atom. The van der Waals surface area contributed by atoms with E-state index in [9.17, 15) is 29.1 Å². The van der Waals surface area contributed by atoms with Crippen molar-refractivity contribution >= 4 is 29.5 Å². The van der Waals surface area contributed by atoms with Crippen molar-refractivity contribution in [1.82, 2.24) is 15.5 Å². The van der Waals surface area contributed by atoms with Gasteiger partial charge in [-0.2, -0.15) is 0 Å². The van der Waals surface area contributed by atoms with Crippen molar-refractivity contribution in [2.24, 2.45) is 0 Å². The predicted molar refractivity (Wildman–Crippen MR) is 177 cm³/mol. The van der Waals surface area contributed by atoms with Gasteiger partial charge in [0, 0.05) is 13.0 Å². The van der Waals surface area contributed by atoms with Gasteiger partial charge >= 0.3 is 0 Å². The number of benzene rings is 3. The van der Waals surface area contributed by atoms with E-state index >= 15 is 0 Å². The van der Waals surface area contributed by atoms with Crippen molar-refractivity contribution in [2.45, 2.75) is 37.8 Å². The smallest absolute Gasteiger partial charge is 0.266 e. The molecule has 2 atom stereocenters. The molecule has 0 spiro atoms. The van der Waals surface area contributed by atoms with Crippen LogP contribution in [-0.4, -0.2) is 92.8 Å². The molecular formula is C36H39N3O11. The van der Waals surface area contributed by atoms with E-state index in [0.717, 1.165) is 10.5 Å².